The Morgan fingerprint density at radius 2 is 1.33 bits per heavy atom. The molecule has 0 aliphatic heterocycles. The third-order valence-electron chi connectivity index (χ3n) is 2.77. The monoisotopic (exact) mass is 368 g/mol. The summed E-state index contributed by atoms with van der Waals surface area (Å²) in [5.74, 6) is 0. The molecule has 94 valence electrons. The average molecular weight is 368 g/mol. The van der Waals surface area contributed by atoms with Crippen molar-refractivity contribution in [3.8, 4) is 0 Å². The molecule has 1 nitrogen and oxygen atoms in total. The maximum absolute atomic E-state index is 6.19. The lowest BCUT2D eigenvalue weighted by Crippen LogP contribution is -2.45. The van der Waals surface area contributed by atoms with E-state index in [4.69, 9.17) is 4.43 Å². The van der Waals surface area contributed by atoms with E-state index in [1.165, 1.54) is 10.4 Å². The Morgan fingerprint density at radius 1 is 0.833 bits per heavy atom. The predicted molar refractivity (Wildman–Crippen MR) is 88.8 cm³/mol. The van der Waals surface area contributed by atoms with Gasteiger partial charge in [0.1, 0.15) is 0 Å². The number of halogens is 1. The van der Waals surface area contributed by atoms with Crippen molar-refractivity contribution in [2.75, 3.05) is 11.0 Å². The molecule has 0 N–H and O–H groups in total. The lowest BCUT2D eigenvalue weighted by atomic mass is 10.4. The normalized spacial score (nSPS) is 10.8. The van der Waals surface area contributed by atoms with Gasteiger partial charge in [0.15, 0.2) is 0 Å². The summed E-state index contributed by atoms with van der Waals surface area (Å²) in [5.41, 5.74) is 0. The largest absolute Gasteiger partial charge is 0.411 e. The van der Waals surface area contributed by atoms with Gasteiger partial charge in [0.2, 0.25) is 9.04 Å². The van der Waals surface area contributed by atoms with E-state index in [9.17, 15) is 0 Å². The maximum atomic E-state index is 6.19. The summed E-state index contributed by atoms with van der Waals surface area (Å²) in [4.78, 5) is 0. The Morgan fingerprint density at radius 3 is 1.78 bits per heavy atom. The minimum Gasteiger partial charge on any atom is -0.411 e. The Hall–Kier alpha value is -0.653. The fourth-order valence-corrected chi connectivity index (χ4v) is 4.52. The highest BCUT2D eigenvalue weighted by atomic mass is 127. The van der Waals surface area contributed by atoms with Crippen LogP contribution in [0.4, 0.5) is 0 Å². The lowest BCUT2D eigenvalue weighted by molar-refractivity contribution is 0.335. The molecule has 0 fully saturated rings. The van der Waals surface area contributed by atoms with Gasteiger partial charge in [0, 0.05) is 11.0 Å². The Kier molecular flexibility index (Phi) is 5.90. The van der Waals surface area contributed by atoms with Crippen molar-refractivity contribution >= 4 is 42.0 Å². The van der Waals surface area contributed by atoms with E-state index in [0.29, 0.717) is 0 Å². The molecule has 0 unspecified atom stereocenters. The summed E-state index contributed by atoms with van der Waals surface area (Å²) in [5, 5.41) is 2.72. The van der Waals surface area contributed by atoms with Gasteiger partial charge >= 0.3 is 0 Å². The van der Waals surface area contributed by atoms with Crippen LogP contribution in [0.3, 0.4) is 0 Å². The standard InChI is InChI=1S/C15H17IOSi/c16-12-7-13-17-18(14-8-3-1-4-9-14)15-10-5-2-6-11-15/h1-6,8-11,18H,7,12-13H2. The van der Waals surface area contributed by atoms with Crippen molar-refractivity contribution in [1.29, 1.82) is 0 Å². The highest BCUT2D eigenvalue weighted by Crippen LogP contribution is 1.97. The van der Waals surface area contributed by atoms with Crippen LogP contribution in [0.5, 0.6) is 0 Å². The van der Waals surface area contributed by atoms with Gasteiger partial charge in [-0.3, -0.25) is 0 Å². The average Bonchev–Trinajstić information content (AvgIpc) is 2.46. The lowest BCUT2D eigenvalue weighted by Gasteiger charge is -2.16. The zero-order valence-corrected chi connectivity index (χ0v) is 13.6. The molecule has 18 heavy (non-hydrogen) atoms. The maximum Gasteiger partial charge on any atom is 0.239 e. The van der Waals surface area contributed by atoms with E-state index >= 15 is 0 Å². The number of alkyl halides is 1. The molecule has 0 saturated heterocycles. The quantitative estimate of drug-likeness (QED) is 0.329. The highest BCUT2D eigenvalue weighted by molar-refractivity contribution is 14.1. The Balaban J connectivity index is 2.18. The first kappa shape index (κ1) is 13.8. The van der Waals surface area contributed by atoms with Gasteiger partial charge in [0.25, 0.3) is 0 Å². The summed E-state index contributed by atoms with van der Waals surface area (Å²) in [7, 11) is -1.49. The van der Waals surface area contributed by atoms with Crippen LogP contribution in [0, 0.1) is 0 Å². The second kappa shape index (κ2) is 7.71. The van der Waals surface area contributed by atoms with Crippen molar-refractivity contribution < 1.29 is 4.43 Å². The van der Waals surface area contributed by atoms with Crippen LogP contribution >= 0.6 is 22.6 Å². The molecular weight excluding hydrogens is 351 g/mol. The zero-order valence-electron chi connectivity index (χ0n) is 10.3. The first-order valence-electron chi connectivity index (χ1n) is 6.19. The molecule has 0 radical (unpaired) electrons. The highest BCUT2D eigenvalue weighted by Gasteiger charge is 2.16. The fraction of sp³-hybridized carbons (Fsp3) is 0.200. The molecule has 3 heteroatoms. The molecule has 2 aromatic carbocycles. The predicted octanol–water partition coefficient (Wildman–Crippen LogP) is 2.37. The Labute approximate surface area is 124 Å². The smallest absolute Gasteiger partial charge is 0.239 e. The summed E-state index contributed by atoms with van der Waals surface area (Å²) in [6.45, 7) is 0.865. The van der Waals surface area contributed by atoms with E-state index in [2.05, 4.69) is 83.3 Å². The summed E-state index contributed by atoms with van der Waals surface area (Å²) in [6, 6.07) is 21.3. The van der Waals surface area contributed by atoms with Crippen molar-refractivity contribution in [2.45, 2.75) is 6.42 Å². The van der Waals surface area contributed by atoms with E-state index in [-0.39, 0.29) is 0 Å². The number of hydrogen-bond acceptors (Lipinski definition) is 1. The zero-order chi connectivity index (χ0) is 12.6. The van der Waals surface area contributed by atoms with E-state index in [0.717, 1.165) is 17.5 Å². The Bertz CT molecular complexity index is 407. The first-order valence-corrected chi connectivity index (χ1v) is 9.34. The van der Waals surface area contributed by atoms with Gasteiger partial charge in [-0.25, -0.2) is 0 Å². The third-order valence-corrected chi connectivity index (χ3v) is 6.08. The molecule has 0 aromatic heterocycles. The van der Waals surface area contributed by atoms with Gasteiger partial charge in [-0.2, -0.15) is 0 Å². The van der Waals surface area contributed by atoms with Gasteiger partial charge in [-0.05, 0) is 16.8 Å². The molecule has 0 amide bonds. The van der Waals surface area contributed by atoms with Gasteiger partial charge in [-0.15, -0.1) is 0 Å². The van der Waals surface area contributed by atoms with Crippen molar-refractivity contribution in [3.05, 3.63) is 60.7 Å². The van der Waals surface area contributed by atoms with Gasteiger partial charge in [0.05, 0.1) is 0 Å². The molecular formula is C15H17IOSi. The molecule has 0 bridgehead atoms. The van der Waals surface area contributed by atoms with Crippen LogP contribution in [0.15, 0.2) is 60.7 Å². The van der Waals surface area contributed by atoms with Gasteiger partial charge in [-0.1, -0.05) is 83.3 Å². The summed E-state index contributed by atoms with van der Waals surface area (Å²) < 4.78 is 7.34. The van der Waals surface area contributed by atoms with Crippen LogP contribution in [0.1, 0.15) is 6.42 Å². The van der Waals surface area contributed by atoms with Crippen LogP contribution in [-0.4, -0.2) is 20.1 Å². The number of benzene rings is 2. The molecule has 0 aliphatic rings. The minimum absolute atomic E-state index is 0.865. The second-order valence-corrected chi connectivity index (χ2v) is 7.62. The van der Waals surface area contributed by atoms with Gasteiger partial charge < -0.3 is 4.43 Å². The number of rotatable bonds is 6. The minimum atomic E-state index is -1.49. The summed E-state index contributed by atoms with van der Waals surface area (Å²) in [6.07, 6.45) is 1.13. The molecule has 0 heterocycles. The molecule has 2 rings (SSSR count). The van der Waals surface area contributed by atoms with E-state index in [1.807, 2.05) is 0 Å². The van der Waals surface area contributed by atoms with Crippen molar-refractivity contribution in [3.63, 3.8) is 0 Å². The SMILES string of the molecule is ICCCO[SiH](c1ccccc1)c1ccccc1. The molecule has 0 saturated carbocycles. The molecule has 2 aromatic rings. The molecule has 0 aliphatic carbocycles. The van der Waals surface area contributed by atoms with Crippen molar-refractivity contribution in [2.24, 2.45) is 0 Å². The first-order chi connectivity index (χ1) is 8.92. The molecule has 0 atom stereocenters. The van der Waals surface area contributed by atoms with Crippen LogP contribution < -0.4 is 10.4 Å². The van der Waals surface area contributed by atoms with E-state index in [1.54, 1.807) is 0 Å². The summed E-state index contributed by atoms with van der Waals surface area (Å²) >= 11 is 2.40. The van der Waals surface area contributed by atoms with Crippen LogP contribution in [0.2, 0.25) is 0 Å². The van der Waals surface area contributed by atoms with Crippen molar-refractivity contribution in [1.82, 2.24) is 0 Å². The third kappa shape index (κ3) is 3.93. The van der Waals surface area contributed by atoms with E-state index < -0.39 is 9.04 Å². The molecule has 0 spiro atoms. The second-order valence-electron chi connectivity index (χ2n) is 4.11. The fourth-order valence-electron chi connectivity index (χ4n) is 1.90. The van der Waals surface area contributed by atoms with Crippen LogP contribution in [0.25, 0.3) is 0 Å². The number of hydrogen-bond donors (Lipinski definition) is 0. The van der Waals surface area contributed by atoms with Crippen LogP contribution in [-0.2, 0) is 4.43 Å². The topological polar surface area (TPSA) is 9.23 Å².